The quantitative estimate of drug-likeness (QED) is 0.324. The first-order valence-corrected chi connectivity index (χ1v) is 15.8. The number of nitrogens with one attached hydrogen (secondary N) is 1. The molecule has 0 aromatic rings. The van der Waals surface area contributed by atoms with E-state index in [9.17, 15) is 14.4 Å². The van der Waals surface area contributed by atoms with Gasteiger partial charge in [0, 0.05) is 33.7 Å². The molecule has 0 aromatic heterocycles. The van der Waals surface area contributed by atoms with E-state index >= 15 is 0 Å². The predicted octanol–water partition coefficient (Wildman–Crippen LogP) is 5.60. The second kappa shape index (κ2) is 11.1. The van der Waals surface area contributed by atoms with Crippen LogP contribution in [0.25, 0.3) is 0 Å². The third-order valence-corrected chi connectivity index (χ3v) is 11.9. The van der Waals surface area contributed by atoms with E-state index in [0.717, 1.165) is 32.1 Å². The number of ether oxygens (including phenoxy) is 3. The summed E-state index contributed by atoms with van der Waals surface area (Å²) < 4.78 is 18.4. The third kappa shape index (κ3) is 5.25. The van der Waals surface area contributed by atoms with Gasteiger partial charge in [0.15, 0.2) is 0 Å². The number of esters is 2. The van der Waals surface area contributed by atoms with Gasteiger partial charge in [-0.3, -0.25) is 14.4 Å². The van der Waals surface area contributed by atoms with Crippen LogP contribution in [0.15, 0.2) is 11.6 Å². The summed E-state index contributed by atoms with van der Waals surface area (Å²) in [5.41, 5.74) is 1.95. The number of hydrogen-bond acceptors (Lipinski definition) is 6. The summed E-state index contributed by atoms with van der Waals surface area (Å²) in [7, 11) is 0. The molecule has 1 N–H and O–H groups in total. The maximum absolute atomic E-state index is 12.1. The van der Waals surface area contributed by atoms with Gasteiger partial charge in [-0.2, -0.15) is 0 Å². The van der Waals surface area contributed by atoms with Crippen molar-refractivity contribution < 1.29 is 28.6 Å². The van der Waals surface area contributed by atoms with Gasteiger partial charge in [-0.15, -0.1) is 0 Å². The van der Waals surface area contributed by atoms with Crippen LogP contribution in [0.1, 0.15) is 99.8 Å². The van der Waals surface area contributed by atoms with Crippen molar-refractivity contribution in [3.63, 3.8) is 0 Å². The van der Waals surface area contributed by atoms with Crippen molar-refractivity contribution in [2.45, 2.75) is 124 Å². The van der Waals surface area contributed by atoms with E-state index < -0.39 is 0 Å². The monoisotopic (exact) mass is 557 g/mol. The zero-order chi connectivity index (χ0) is 29.0. The van der Waals surface area contributed by atoms with Gasteiger partial charge in [0.25, 0.3) is 0 Å². The Kier molecular flexibility index (Phi) is 8.19. The van der Waals surface area contributed by atoms with Crippen LogP contribution in [0, 0.1) is 46.3 Å². The van der Waals surface area contributed by atoms with Crippen LogP contribution < -0.4 is 5.32 Å². The zero-order valence-corrected chi connectivity index (χ0v) is 25.7. The highest BCUT2D eigenvalue weighted by Crippen LogP contribution is 2.69. The molecule has 4 fully saturated rings. The normalized spacial score (nSPS) is 43.2. The summed E-state index contributed by atoms with van der Waals surface area (Å²) >= 11 is 0. The minimum Gasteiger partial charge on any atom is -0.462 e. The van der Waals surface area contributed by atoms with Gasteiger partial charge >= 0.3 is 11.9 Å². The van der Waals surface area contributed by atoms with Gasteiger partial charge in [-0.25, -0.2) is 0 Å². The van der Waals surface area contributed by atoms with Crippen molar-refractivity contribution in [1.82, 2.24) is 5.32 Å². The molecule has 0 spiro atoms. The number of rotatable bonds is 7. The summed E-state index contributed by atoms with van der Waals surface area (Å²) in [5.74, 6) is 2.45. The smallest absolute Gasteiger partial charge is 0.302 e. The Balaban J connectivity index is 1.31. The first kappa shape index (κ1) is 29.6. The highest BCUT2D eigenvalue weighted by atomic mass is 16.6. The maximum atomic E-state index is 12.1. The number of hydrogen-bond donors (Lipinski definition) is 1. The Morgan fingerprint density at radius 2 is 1.85 bits per heavy atom. The molecule has 0 radical (unpaired) electrons. The second-order valence-corrected chi connectivity index (χ2v) is 14.5. The summed E-state index contributed by atoms with van der Waals surface area (Å²) in [5, 5.41) is 2.90. The predicted molar refractivity (Wildman–Crippen MR) is 152 cm³/mol. The molecule has 12 unspecified atom stereocenters. The molecule has 3 saturated carbocycles. The molecule has 1 aliphatic heterocycles. The van der Waals surface area contributed by atoms with Crippen LogP contribution >= 0.6 is 0 Å². The average Bonchev–Trinajstić information content (AvgIpc) is 3.35. The molecule has 12 atom stereocenters. The molecular formula is C33H51NO6. The lowest BCUT2D eigenvalue weighted by molar-refractivity contribution is -0.158. The topological polar surface area (TPSA) is 90.9 Å². The van der Waals surface area contributed by atoms with E-state index in [1.807, 2.05) is 0 Å². The van der Waals surface area contributed by atoms with Crippen LogP contribution in [0.2, 0.25) is 0 Å². The Hall–Kier alpha value is -1.89. The molecule has 0 bridgehead atoms. The molecule has 7 heteroatoms. The zero-order valence-electron chi connectivity index (χ0n) is 25.7. The van der Waals surface area contributed by atoms with E-state index in [0.29, 0.717) is 42.6 Å². The Labute approximate surface area is 240 Å². The highest BCUT2D eigenvalue weighted by molar-refractivity contribution is 5.72. The van der Waals surface area contributed by atoms with E-state index in [-0.39, 0.29) is 59.0 Å². The van der Waals surface area contributed by atoms with Crippen LogP contribution in [0.3, 0.4) is 0 Å². The Bertz CT molecular complexity index is 1040. The molecule has 40 heavy (non-hydrogen) atoms. The number of amides is 1. The van der Waals surface area contributed by atoms with E-state index in [1.165, 1.54) is 39.2 Å². The minimum atomic E-state index is -0.299. The average molecular weight is 558 g/mol. The van der Waals surface area contributed by atoms with Crippen LogP contribution in [-0.2, 0) is 28.6 Å². The molecule has 1 heterocycles. The molecule has 5 aliphatic rings. The summed E-state index contributed by atoms with van der Waals surface area (Å²) in [6, 6.07) is 0. The van der Waals surface area contributed by atoms with Gasteiger partial charge < -0.3 is 19.5 Å². The Morgan fingerprint density at radius 1 is 1.10 bits per heavy atom. The Morgan fingerprint density at radius 3 is 2.52 bits per heavy atom. The van der Waals surface area contributed by atoms with E-state index in [2.05, 4.69) is 39.1 Å². The van der Waals surface area contributed by atoms with Gasteiger partial charge in [-0.05, 0) is 91.3 Å². The van der Waals surface area contributed by atoms with Gasteiger partial charge in [0.2, 0.25) is 5.91 Å². The molecule has 1 saturated heterocycles. The summed E-state index contributed by atoms with van der Waals surface area (Å²) in [4.78, 5) is 35.1. The van der Waals surface area contributed by atoms with Crippen molar-refractivity contribution >= 4 is 17.8 Å². The van der Waals surface area contributed by atoms with Crippen molar-refractivity contribution in [2.24, 2.45) is 46.3 Å². The first-order chi connectivity index (χ1) is 18.8. The van der Waals surface area contributed by atoms with Crippen molar-refractivity contribution in [1.29, 1.82) is 0 Å². The largest absolute Gasteiger partial charge is 0.462 e. The van der Waals surface area contributed by atoms with E-state index in [1.54, 1.807) is 0 Å². The van der Waals surface area contributed by atoms with E-state index in [4.69, 9.17) is 14.2 Å². The van der Waals surface area contributed by atoms with Crippen molar-refractivity contribution in [3.05, 3.63) is 11.6 Å². The van der Waals surface area contributed by atoms with Crippen LogP contribution in [0.5, 0.6) is 0 Å². The SMILES string of the molecule is CC(=O)NCC(C)CC(OC(C)=O)C1OC2CC3C4CC=C5CC(OC(C)=O)CCC5(C)C4CCC3(C)C2C1C. The fourth-order valence-electron chi connectivity index (χ4n) is 10.3. The van der Waals surface area contributed by atoms with Gasteiger partial charge in [0.05, 0.1) is 12.2 Å². The highest BCUT2D eigenvalue weighted by Gasteiger charge is 2.65. The number of fused-ring (bicyclic) bond motifs is 7. The third-order valence-electron chi connectivity index (χ3n) is 11.9. The summed E-state index contributed by atoms with van der Waals surface area (Å²) in [6.07, 6.45) is 10.6. The van der Waals surface area contributed by atoms with Gasteiger partial charge in [-0.1, -0.05) is 39.3 Å². The lowest BCUT2D eigenvalue weighted by atomic mass is 9.47. The number of carbonyl (C=O) groups is 3. The second-order valence-electron chi connectivity index (χ2n) is 14.5. The minimum absolute atomic E-state index is 0.0328. The number of allylic oxidation sites excluding steroid dienone is 1. The standard InChI is InChI=1S/C33H51NO6/c1-18(17-34-20(3)35)14-29(39-22(5)37)31-19(2)30-28(40-31)16-27-25-9-8-23-15-24(38-21(4)36)10-12-32(23,6)26(25)11-13-33(27,30)7/h8,18-19,24-31H,9-17H2,1-7H3,(H,34,35). The fraction of sp³-hybridized carbons (Fsp3) is 0.848. The first-order valence-electron chi connectivity index (χ1n) is 15.8. The molecule has 5 rings (SSSR count). The molecule has 224 valence electrons. The summed E-state index contributed by atoms with van der Waals surface area (Å²) in [6.45, 7) is 14.5. The lowest BCUT2D eigenvalue weighted by Crippen LogP contribution is -2.51. The molecule has 4 aliphatic carbocycles. The molecular weight excluding hydrogens is 506 g/mol. The van der Waals surface area contributed by atoms with Crippen LogP contribution in [-0.4, -0.2) is 48.8 Å². The van der Waals surface area contributed by atoms with Gasteiger partial charge in [0.1, 0.15) is 12.2 Å². The fourth-order valence-corrected chi connectivity index (χ4v) is 10.3. The van der Waals surface area contributed by atoms with Crippen LogP contribution in [0.4, 0.5) is 0 Å². The molecule has 0 aromatic carbocycles. The lowest BCUT2D eigenvalue weighted by Gasteiger charge is -2.58. The molecule has 1 amide bonds. The number of carbonyl (C=O) groups excluding carboxylic acids is 3. The maximum Gasteiger partial charge on any atom is 0.302 e. The van der Waals surface area contributed by atoms with Crippen molar-refractivity contribution in [2.75, 3.05) is 6.54 Å². The molecule has 7 nitrogen and oxygen atoms in total. The van der Waals surface area contributed by atoms with Crippen molar-refractivity contribution in [3.8, 4) is 0 Å².